The predicted octanol–water partition coefficient (Wildman–Crippen LogP) is 2.75. The lowest BCUT2D eigenvalue weighted by atomic mass is 10.2. The van der Waals surface area contributed by atoms with Crippen LogP contribution in [-0.4, -0.2) is 33.7 Å². The molecule has 0 amide bonds. The first-order valence-corrected chi connectivity index (χ1v) is 7.60. The Hall–Kier alpha value is -3.16. The van der Waals surface area contributed by atoms with Crippen molar-refractivity contribution in [3.63, 3.8) is 0 Å². The van der Waals surface area contributed by atoms with Crippen LogP contribution in [0.2, 0.25) is 0 Å². The number of methoxy groups -OCH3 is 1. The lowest BCUT2D eigenvalue weighted by molar-refractivity contribution is -0.392. The predicted molar refractivity (Wildman–Crippen MR) is 91.2 cm³/mol. The molecule has 1 aromatic carbocycles. The van der Waals surface area contributed by atoms with E-state index >= 15 is 0 Å². The van der Waals surface area contributed by atoms with E-state index in [2.05, 4.69) is 4.98 Å². The van der Waals surface area contributed by atoms with Crippen molar-refractivity contribution in [2.45, 2.75) is 26.5 Å². The van der Waals surface area contributed by atoms with Gasteiger partial charge < -0.3 is 19.6 Å². The van der Waals surface area contributed by atoms with Crippen LogP contribution in [0.3, 0.4) is 0 Å². The first-order valence-electron chi connectivity index (χ1n) is 7.60. The van der Waals surface area contributed by atoms with Crippen molar-refractivity contribution in [1.29, 1.82) is 0 Å². The molecule has 2 rings (SSSR count). The Morgan fingerprint density at radius 2 is 2.24 bits per heavy atom. The van der Waals surface area contributed by atoms with Crippen LogP contribution in [-0.2, 0) is 16.1 Å². The summed E-state index contributed by atoms with van der Waals surface area (Å²) >= 11 is 0. The number of aromatic nitrogens is 2. The third-order valence-electron chi connectivity index (χ3n) is 3.48. The van der Waals surface area contributed by atoms with Crippen molar-refractivity contribution in [1.82, 2.24) is 9.55 Å². The summed E-state index contributed by atoms with van der Waals surface area (Å²) in [5.74, 6) is 0.511. The van der Waals surface area contributed by atoms with Gasteiger partial charge in [0.25, 0.3) is 0 Å². The second kappa shape index (κ2) is 8.09. The van der Waals surface area contributed by atoms with Crippen molar-refractivity contribution < 1.29 is 19.2 Å². The number of ether oxygens (including phenoxy) is 2. The van der Waals surface area contributed by atoms with Gasteiger partial charge in [0.1, 0.15) is 24.6 Å². The molecule has 0 N–H and O–H groups in total. The number of carbonyl (C=O) groups is 1. The van der Waals surface area contributed by atoms with E-state index in [1.165, 1.54) is 16.8 Å². The van der Waals surface area contributed by atoms with Gasteiger partial charge in [-0.15, -0.1) is 0 Å². The van der Waals surface area contributed by atoms with E-state index in [9.17, 15) is 14.9 Å². The van der Waals surface area contributed by atoms with Gasteiger partial charge in [-0.2, -0.15) is 0 Å². The Kier molecular flexibility index (Phi) is 5.89. The molecule has 0 aliphatic heterocycles. The van der Waals surface area contributed by atoms with E-state index in [1.807, 2.05) is 12.1 Å². The lowest BCUT2D eigenvalue weighted by Gasteiger charge is -2.11. The molecule has 8 nitrogen and oxygen atoms in total. The van der Waals surface area contributed by atoms with Crippen molar-refractivity contribution >= 4 is 17.9 Å². The number of aryl methyl sites for hydroxylation is 1. The van der Waals surface area contributed by atoms with Crippen LogP contribution < -0.4 is 4.74 Å². The van der Waals surface area contributed by atoms with Gasteiger partial charge in [0.15, 0.2) is 5.82 Å². The summed E-state index contributed by atoms with van der Waals surface area (Å²) in [4.78, 5) is 26.3. The summed E-state index contributed by atoms with van der Waals surface area (Å²) in [6, 6.07) is 7.23. The minimum Gasteiger partial charge on any atom is -0.497 e. The van der Waals surface area contributed by atoms with E-state index in [0.29, 0.717) is 11.6 Å². The number of hydrogen-bond acceptors (Lipinski definition) is 6. The van der Waals surface area contributed by atoms with Crippen LogP contribution in [0.5, 0.6) is 5.75 Å². The first-order chi connectivity index (χ1) is 11.9. The molecule has 0 radical (unpaired) electrons. The van der Waals surface area contributed by atoms with Gasteiger partial charge in [-0.05, 0) is 35.6 Å². The van der Waals surface area contributed by atoms with Crippen LogP contribution >= 0.6 is 0 Å². The van der Waals surface area contributed by atoms with Gasteiger partial charge in [0, 0.05) is 13.0 Å². The van der Waals surface area contributed by atoms with Crippen molar-refractivity contribution in [2.24, 2.45) is 0 Å². The van der Waals surface area contributed by atoms with Crippen molar-refractivity contribution in [2.75, 3.05) is 7.11 Å². The average Bonchev–Trinajstić information content (AvgIpc) is 2.94. The summed E-state index contributed by atoms with van der Waals surface area (Å²) in [5, 5.41) is 11.0. The molecule has 132 valence electrons. The van der Waals surface area contributed by atoms with E-state index in [4.69, 9.17) is 9.47 Å². The SMILES string of the molecule is COc1cccc(/C=C/C(=O)OC(C)Cn2c([N+](=O)[O-])cnc2C)c1. The van der Waals surface area contributed by atoms with Gasteiger partial charge in [-0.25, -0.2) is 14.3 Å². The van der Waals surface area contributed by atoms with Gasteiger partial charge >= 0.3 is 11.8 Å². The molecule has 8 heteroatoms. The zero-order valence-corrected chi connectivity index (χ0v) is 14.2. The molecule has 0 aliphatic rings. The maximum absolute atomic E-state index is 11.9. The number of imidazole rings is 1. The van der Waals surface area contributed by atoms with E-state index < -0.39 is 17.0 Å². The zero-order valence-electron chi connectivity index (χ0n) is 14.2. The third-order valence-corrected chi connectivity index (χ3v) is 3.48. The highest BCUT2D eigenvalue weighted by molar-refractivity contribution is 5.87. The Bertz CT molecular complexity index is 797. The van der Waals surface area contributed by atoms with Gasteiger partial charge in [0.05, 0.1) is 7.11 Å². The maximum Gasteiger partial charge on any atom is 0.342 e. The highest BCUT2D eigenvalue weighted by Gasteiger charge is 2.21. The highest BCUT2D eigenvalue weighted by Crippen LogP contribution is 2.16. The van der Waals surface area contributed by atoms with Crippen molar-refractivity contribution in [3.05, 3.63) is 58.0 Å². The molecule has 1 heterocycles. The molecule has 0 aliphatic carbocycles. The molecule has 0 saturated carbocycles. The fourth-order valence-electron chi connectivity index (χ4n) is 2.27. The van der Waals surface area contributed by atoms with Gasteiger partial charge in [-0.1, -0.05) is 12.1 Å². The van der Waals surface area contributed by atoms with Crippen LogP contribution in [0.25, 0.3) is 6.08 Å². The third kappa shape index (κ3) is 4.90. The minimum absolute atomic E-state index is 0.132. The van der Waals surface area contributed by atoms with Crippen LogP contribution in [0.1, 0.15) is 18.3 Å². The molecule has 25 heavy (non-hydrogen) atoms. The molecule has 0 fully saturated rings. The number of carbonyl (C=O) groups excluding carboxylic acids is 1. The number of nitrogens with zero attached hydrogens (tertiary/aromatic N) is 3. The smallest absolute Gasteiger partial charge is 0.342 e. The van der Waals surface area contributed by atoms with Gasteiger partial charge in [0.2, 0.25) is 0 Å². The second-order valence-electron chi connectivity index (χ2n) is 5.39. The quantitative estimate of drug-likeness (QED) is 0.331. The monoisotopic (exact) mass is 345 g/mol. The lowest BCUT2D eigenvalue weighted by Crippen LogP contribution is -2.21. The van der Waals surface area contributed by atoms with E-state index in [0.717, 1.165) is 5.56 Å². The minimum atomic E-state index is -0.547. The fraction of sp³-hybridized carbons (Fsp3) is 0.294. The Morgan fingerprint density at radius 1 is 1.48 bits per heavy atom. The van der Waals surface area contributed by atoms with E-state index in [1.54, 1.807) is 39.2 Å². The average molecular weight is 345 g/mol. The molecule has 1 atom stereocenters. The summed E-state index contributed by atoms with van der Waals surface area (Å²) in [7, 11) is 1.57. The number of esters is 1. The van der Waals surface area contributed by atoms with Crippen LogP contribution in [0.15, 0.2) is 36.5 Å². The summed E-state index contributed by atoms with van der Waals surface area (Å²) in [6.07, 6.45) is 3.56. The van der Waals surface area contributed by atoms with Crippen molar-refractivity contribution in [3.8, 4) is 5.75 Å². The Morgan fingerprint density at radius 3 is 2.92 bits per heavy atom. The van der Waals surface area contributed by atoms with E-state index in [-0.39, 0.29) is 12.4 Å². The Labute approximate surface area is 144 Å². The molecular weight excluding hydrogens is 326 g/mol. The summed E-state index contributed by atoms with van der Waals surface area (Å²) in [6.45, 7) is 3.48. The summed E-state index contributed by atoms with van der Waals surface area (Å²) in [5.41, 5.74) is 0.796. The standard InChI is InChI=1S/C17H19N3O5/c1-12(11-19-13(2)18-10-16(19)20(22)23)25-17(21)8-7-14-5-4-6-15(9-14)24-3/h4-10,12H,11H2,1-3H3/b8-7+. The number of nitro groups is 1. The molecule has 0 saturated heterocycles. The maximum atomic E-state index is 11.9. The molecule has 0 bridgehead atoms. The molecule has 0 spiro atoms. The van der Waals surface area contributed by atoms with Crippen LogP contribution in [0, 0.1) is 17.0 Å². The molecule has 2 aromatic rings. The molecule has 1 aromatic heterocycles. The number of hydrogen-bond donors (Lipinski definition) is 0. The normalized spacial score (nSPS) is 12.1. The highest BCUT2D eigenvalue weighted by atomic mass is 16.6. The second-order valence-corrected chi connectivity index (χ2v) is 5.39. The van der Waals surface area contributed by atoms with Crippen LogP contribution in [0.4, 0.5) is 5.82 Å². The molecular formula is C17H19N3O5. The largest absolute Gasteiger partial charge is 0.497 e. The molecule has 1 unspecified atom stereocenters. The first kappa shape index (κ1) is 18.2. The Balaban J connectivity index is 1.97. The summed E-state index contributed by atoms with van der Waals surface area (Å²) < 4.78 is 11.8. The number of benzene rings is 1. The number of rotatable bonds is 7. The fourth-order valence-corrected chi connectivity index (χ4v) is 2.27. The van der Waals surface area contributed by atoms with Gasteiger partial charge in [-0.3, -0.25) is 0 Å². The topological polar surface area (TPSA) is 96.5 Å². The zero-order chi connectivity index (χ0) is 18.4.